The van der Waals surface area contributed by atoms with Crippen LogP contribution in [0.3, 0.4) is 0 Å². The average molecular weight is 420 g/mol. The van der Waals surface area contributed by atoms with Gasteiger partial charge in [-0.05, 0) is 51.4 Å². The number of hydrogen-bond acceptors (Lipinski definition) is 4. The van der Waals surface area contributed by atoms with Gasteiger partial charge in [-0.25, -0.2) is 0 Å². The summed E-state index contributed by atoms with van der Waals surface area (Å²) >= 11 is 0. The molecule has 0 aromatic heterocycles. The van der Waals surface area contributed by atoms with Gasteiger partial charge in [-0.15, -0.1) is 0 Å². The fraction of sp³-hybridized carbons (Fsp3) is 0.944. The first-order valence-electron chi connectivity index (χ1n) is 9.20. The highest BCUT2D eigenvalue weighted by molar-refractivity contribution is 5.75. The van der Waals surface area contributed by atoms with Gasteiger partial charge in [0, 0.05) is 13.0 Å². The van der Waals surface area contributed by atoms with E-state index >= 15 is 0 Å². The van der Waals surface area contributed by atoms with E-state index in [1.54, 1.807) is 0 Å². The van der Waals surface area contributed by atoms with Crippen molar-refractivity contribution in [2.75, 3.05) is 13.9 Å². The van der Waals surface area contributed by atoms with Gasteiger partial charge in [-0.3, -0.25) is 4.79 Å². The zero-order chi connectivity index (χ0) is 21.5. The molecule has 1 aliphatic heterocycles. The Kier molecular flexibility index (Phi) is 6.36. The van der Waals surface area contributed by atoms with Gasteiger partial charge < -0.3 is 14.2 Å². The summed E-state index contributed by atoms with van der Waals surface area (Å²) in [5, 5.41) is 0. The molecule has 0 radical (unpaired) electrons. The van der Waals surface area contributed by atoms with Crippen molar-refractivity contribution in [2.24, 2.45) is 23.2 Å². The number of fused-ring (bicyclic) bond motifs is 5. The monoisotopic (exact) mass is 420 g/mol. The van der Waals surface area contributed by atoms with Crippen molar-refractivity contribution in [3.8, 4) is 0 Å². The average Bonchev–Trinajstić information content (AvgIpc) is 3.07. The van der Waals surface area contributed by atoms with Gasteiger partial charge in [0.05, 0.1) is 11.5 Å². The largest absolute Gasteiger partial charge is 0.438 e. The van der Waals surface area contributed by atoms with E-state index in [0.717, 1.165) is 6.42 Å². The van der Waals surface area contributed by atoms with Gasteiger partial charge >= 0.3 is 18.3 Å². The van der Waals surface area contributed by atoms with E-state index in [-0.39, 0.29) is 18.7 Å². The highest BCUT2D eigenvalue weighted by Gasteiger charge is 2.86. The minimum absolute atomic E-state index is 0.0439. The number of methoxy groups -OCH3 is 1. The van der Waals surface area contributed by atoms with Crippen LogP contribution in [0.4, 0.5) is 26.3 Å². The van der Waals surface area contributed by atoms with Crippen molar-refractivity contribution in [3.05, 3.63) is 0 Å². The van der Waals surface area contributed by atoms with Gasteiger partial charge in [0.15, 0.2) is 6.79 Å². The Labute approximate surface area is 159 Å². The fourth-order valence-electron chi connectivity index (χ4n) is 4.32. The quantitative estimate of drug-likeness (QED) is 0.370. The van der Waals surface area contributed by atoms with Gasteiger partial charge in [0.25, 0.3) is 5.60 Å². The Morgan fingerprint density at radius 1 is 1.07 bits per heavy atom. The van der Waals surface area contributed by atoms with Crippen LogP contribution in [0.15, 0.2) is 0 Å². The molecule has 28 heavy (non-hydrogen) atoms. The molecule has 3 fully saturated rings. The van der Waals surface area contributed by atoms with Crippen LogP contribution in [0, 0.1) is 23.2 Å². The van der Waals surface area contributed by atoms with Crippen LogP contribution in [0.1, 0.15) is 46.5 Å². The number of alkyl halides is 6. The molecule has 3 rings (SSSR count). The second-order valence-corrected chi connectivity index (χ2v) is 8.25. The van der Waals surface area contributed by atoms with Gasteiger partial charge in [0.2, 0.25) is 0 Å². The predicted molar refractivity (Wildman–Crippen MR) is 86.1 cm³/mol. The van der Waals surface area contributed by atoms with Gasteiger partial charge in [-0.1, -0.05) is 6.92 Å². The summed E-state index contributed by atoms with van der Waals surface area (Å²) in [6.07, 6.45) is -9.22. The molecular weight excluding hydrogens is 394 g/mol. The Bertz CT molecular complexity index is 555. The third kappa shape index (κ3) is 3.74. The molecule has 0 amide bonds. The highest BCUT2D eigenvalue weighted by Crippen LogP contribution is 2.69. The summed E-state index contributed by atoms with van der Waals surface area (Å²) in [7, 11) is 1.49. The highest BCUT2D eigenvalue weighted by atomic mass is 19.4. The zero-order valence-corrected chi connectivity index (χ0v) is 16.2. The summed E-state index contributed by atoms with van der Waals surface area (Å²) in [5.74, 6) is -2.21. The normalized spacial score (nSPS) is 30.8. The third-order valence-electron chi connectivity index (χ3n) is 6.22. The number of esters is 1. The second-order valence-electron chi connectivity index (χ2n) is 8.25. The number of carbonyl (C=O) groups excluding carboxylic acids is 1. The molecule has 1 saturated heterocycles. The molecule has 4 atom stereocenters. The van der Waals surface area contributed by atoms with E-state index in [9.17, 15) is 31.1 Å². The first-order chi connectivity index (χ1) is 12.7. The first-order valence-corrected chi connectivity index (χ1v) is 9.20. The fourth-order valence-corrected chi connectivity index (χ4v) is 4.32. The summed E-state index contributed by atoms with van der Waals surface area (Å²) < 4.78 is 90.4. The van der Waals surface area contributed by atoms with Gasteiger partial charge in [-0.2, -0.15) is 26.3 Å². The van der Waals surface area contributed by atoms with Crippen molar-refractivity contribution in [3.63, 3.8) is 0 Å². The van der Waals surface area contributed by atoms with Crippen LogP contribution in [0.5, 0.6) is 0 Å². The molecule has 2 saturated carbocycles. The molecule has 2 bridgehead atoms. The Morgan fingerprint density at radius 2 is 1.61 bits per heavy atom. The lowest BCUT2D eigenvalue weighted by Crippen LogP contribution is -2.75. The number of hydrogen-bond donors (Lipinski definition) is 0. The molecule has 0 aromatic rings. The van der Waals surface area contributed by atoms with E-state index in [4.69, 9.17) is 4.74 Å². The maximum Gasteiger partial charge on any atom is 0.426 e. The second kappa shape index (κ2) is 7.66. The van der Waals surface area contributed by atoms with Crippen molar-refractivity contribution in [2.45, 2.75) is 70.5 Å². The molecule has 2 aliphatic carbocycles. The smallest absolute Gasteiger partial charge is 0.426 e. The lowest BCUT2D eigenvalue weighted by atomic mass is 9.68. The summed E-state index contributed by atoms with van der Waals surface area (Å²) in [6.45, 7) is 5.70. The summed E-state index contributed by atoms with van der Waals surface area (Å²) in [4.78, 5) is 11.2. The van der Waals surface area contributed by atoms with Crippen LogP contribution >= 0.6 is 0 Å². The summed E-state index contributed by atoms with van der Waals surface area (Å²) in [6, 6.07) is 0. The molecular formula is C18H26F6O4. The molecule has 0 spiro atoms. The van der Waals surface area contributed by atoms with Crippen LogP contribution in [0.25, 0.3) is 0 Å². The molecule has 0 N–H and O–H groups in total. The number of halogens is 6. The molecule has 3 aliphatic rings. The SMILES string of the molecule is CCC(C)(C)C(=O)OCOC.FC(F)(F)C1(C(F)(F)F)OC2C3CCC(C3)C21. The molecule has 1 heterocycles. The Balaban J connectivity index is 0.000000224. The Morgan fingerprint density at radius 3 is 2.04 bits per heavy atom. The first kappa shape index (κ1) is 23.3. The lowest BCUT2D eigenvalue weighted by molar-refractivity contribution is -0.470. The standard InChI is InChI=1S/C10H10F6O.C8H16O3/c11-9(12,13)8(10(14,15)16)6-4-1-2-5(3-4)7(6)17-8;1-5-8(2,3)7(9)11-6-10-4/h4-7H,1-3H2;5-6H2,1-4H3. The predicted octanol–water partition coefficient (Wildman–Crippen LogP) is 4.86. The van der Waals surface area contributed by atoms with E-state index in [1.165, 1.54) is 7.11 Å². The topological polar surface area (TPSA) is 44.8 Å². The Hall–Kier alpha value is -1.03. The van der Waals surface area contributed by atoms with E-state index in [1.807, 2.05) is 20.8 Å². The minimum atomic E-state index is -5.38. The van der Waals surface area contributed by atoms with Crippen LogP contribution < -0.4 is 0 Å². The summed E-state index contributed by atoms with van der Waals surface area (Å²) in [5.41, 5.74) is -4.29. The molecule has 164 valence electrons. The van der Waals surface area contributed by atoms with Gasteiger partial charge in [0.1, 0.15) is 0 Å². The van der Waals surface area contributed by atoms with E-state index in [0.29, 0.717) is 19.3 Å². The van der Waals surface area contributed by atoms with Crippen LogP contribution in [0.2, 0.25) is 0 Å². The lowest BCUT2D eigenvalue weighted by Gasteiger charge is -2.56. The number of carbonyl (C=O) groups is 1. The minimum Gasteiger partial charge on any atom is -0.438 e. The van der Waals surface area contributed by atoms with Crippen molar-refractivity contribution in [1.29, 1.82) is 0 Å². The molecule has 4 unspecified atom stereocenters. The third-order valence-corrected chi connectivity index (χ3v) is 6.22. The number of rotatable bonds is 4. The van der Waals surface area contributed by atoms with Crippen molar-refractivity contribution >= 4 is 5.97 Å². The van der Waals surface area contributed by atoms with E-state index in [2.05, 4.69) is 9.47 Å². The molecule has 10 heteroatoms. The maximum absolute atomic E-state index is 12.8. The zero-order valence-electron chi connectivity index (χ0n) is 16.2. The van der Waals surface area contributed by atoms with Crippen LogP contribution in [-0.4, -0.2) is 43.9 Å². The van der Waals surface area contributed by atoms with E-state index < -0.39 is 41.3 Å². The maximum atomic E-state index is 12.8. The number of ether oxygens (including phenoxy) is 3. The van der Waals surface area contributed by atoms with Crippen LogP contribution in [-0.2, 0) is 19.0 Å². The molecule has 4 nitrogen and oxygen atoms in total. The molecule has 0 aromatic carbocycles. The van der Waals surface area contributed by atoms with Crippen molar-refractivity contribution < 1.29 is 45.3 Å². The van der Waals surface area contributed by atoms with Crippen molar-refractivity contribution in [1.82, 2.24) is 0 Å².